The number of nitrogens with one attached hydrogen (secondary N) is 1. The van der Waals surface area contributed by atoms with Crippen LogP contribution in [0.4, 0.5) is 9.80 Å². The predicted molar refractivity (Wildman–Crippen MR) is 77.4 cm³/mol. The Kier molecular flexibility index (Phi) is 3.46. The molecule has 4 nitrogen and oxygen atoms in total. The number of carbonyl (C=O) groups is 1. The normalized spacial score (nSPS) is 14.6. The first-order valence-corrected chi connectivity index (χ1v) is 7.18. The third-order valence-electron chi connectivity index (χ3n) is 3.20. The van der Waals surface area contributed by atoms with Crippen LogP contribution in [0, 0.1) is 0 Å². The molecule has 19 heavy (non-hydrogen) atoms. The number of aromatic nitrogens is 1. The molecule has 0 saturated carbocycles. The Morgan fingerprint density at radius 2 is 1.95 bits per heavy atom. The fourth-order valence-electron chi connectivity index (χ4n) is 2.18. The van der Waals surface area contributed by atoms with Gasteiger partial charge in [0, 0.05) is 24.7 Å². The van der Waals surface area contributed by atoms with Crippen molar-refractivity contribution in [1.29, 1.82) is 0 Å². The van der Waals surface area contributed by atoms with Crippen molar-refractivity contribution in [3.63, 3.8) is 0 Å². The highest BCUT2D eigenvalue weighted by atomic mass is 32.1. The lowest BCUT2D eigenvalue weighted by molar-refractivity contribution is 0.222. The summed E-state index contributed by atoms with van der Waals surface area (Å²) in [7, 11) is 0. The smallest absolute Gasteiger partial charge is 0.322 e. The second kappa shape index (κ2) is 5.40. The van der Waals surface area contributed by atoms with E-state index in [1.807, 2.05) is 41.3 Å². The van der Waals surface area contributed by atoms with Gasteiger partial charge in [0.1, 0.15) is 5.00 Å². The van der Waals surface area contributed by atoms with Crippen LogP contribution < -0.4 is 5.32 Å². The number of urea groups is 1. The molecule has 2 amide bonds. The van der Waals surface area contributed by atoms with Crippen LogP contribution in [-0.4, -0.2) is 28.4 Å². The third-order valence-corrected chi connectivity index (χ3v) is 3.91. The van der Waals surface area contributed by atoms with Crippen LogP contribution in [0.5, 0.6) is 0 Å². The molecule has 1 aliphatic rings. The lowest BCUT2D eigenvalue weighted by Gasteiger charge is -2.14. The van der Waals surface area contributed by atoms with Crippen LogP contribution in [0.2, 0.25) is 0 Å². The van der Waals surface area contributed by atoms with Gasteiger partial charge in [-0.3, -0.25) is 5.32 Å². The Balaban J connectivity index is 1.70. The van der Waals surface area contributed by atoms with E-state index < -0.39 is 0 Å². The Bertz CT molecular complexity index is 561. The van der Waals surface area contributed by atoms with Gasteiger partial charge < -0.3 is 4.90 Å². The Hall–Kier alpha value is -1.88. The molecule has 0 spiro atoms. The van der Waals surface area contributed by atoms with Crippen LogP contribution in [0.3, 0.4) is 0 Å². The summed E-state index contributed by atoms with van der Waals surface area (Å²) in [5.41, 5.74) is 1.97. The maximum Gasteiger partial charge on any atom is 0.322 e. The summed E-state index contributed by atoms with van der Waals surface area (Å²) in [5, 5.41) is 3.72. The summed E-state index contributed by atoms with van der Waals surface area (Å²) in [6.45, 7) is 1.71. The average molecular weight is 273 g/mol. The van der Waals surface area contributed by atoms with Crippen molar-refractivity contribution in [2.24, 2.45) is 0 Å². The minimum absolute atomic E-state index is 0.0132. The maximum atomic E-state index is 12.0. The van der Waals surface area contributed by atoms with Crippen LogP contribution in [0.1, 0.15) is 12.8 Å². The molecule has 1 fully saturated rings. The zero-order valence-electron chi connectivity index (χ0n) is 10.5. The quantitative estimate of drug-likeness (QED) is 0.911. The number of hydrogen-bond acceptors (Lipinski definition) is 3. The van der Waals surface area contributed by atoms with Gasteiger partial charge in [0.15, 0.2) is 0 Å². The van der Waals surface area contributed by atoms with E-state index in [9.17, 15) is 4.79 Å². The van der Waals surface area contributed by atoms with Crippen molar-refractivity contribution in [2.75, 3.05) is 18.4 Å². The van der Waals surface area contributed by atoms with Crippen molar-refractivity contribution < 1.29 is 4.79 Å². The molecule has 1 saturated heterocycles. The van der Waals surface area contributed by atoms with E-state index in [2.05, 4.69) is 9.69 Å². The molecule has 5 heteroatoms. The molecule has 0 bridgehead atoms. The highest BCUT2D eigenvalue weighted by Crippen LogP contribution is 2.25. The van der Waals surface area contributed by atoms with Crippen LogP contribution >= 0.6 is 11.5 Å². The van der Waals surface area contributed by atoms with E-state index in [4.69, 9.17) is 0 Å². The molecule has 1 aliphatic heterocycles. The molecule has 1 aromatic carbocycles. The van der Waals surface area contributed by atoms with E-state index in [0.717, 1.165) is 42.2 Å². The number of rotatable bonds is 2. The Morgan fingerprint density at radius 3 is 2.68 bits per heavy atom. The summed E-state index contributed by atoms with van der Waals surface area (Å²) in [6.07, 6.45) is 2.21. The number of likely N-dealkylation sites (tertiary alicyclic amines) is 1. The highest BCUT2D eigenvalue weighted by molar-refractivity contribution is 7.10. The second-order valence-corrected chi connectivity index (χ2v) is 5.37. The SMILES string of the molecule is O=C(Nc1cc(-c2ccccc2)ns1)N1CCCC1. The van der Waals surface area contributed by atoms with Crippen molar-refractivity contribution >= 4 is 22.6 Å². The first-order chi connectivity index (χ1) is 9.33. The molecular formula is C14H15N3OS. The van der Waals surface area contributed by atoms with E-state index in [1.165, 1.54) is 11.5 Å². The van der Waals surface area contributed by atoms with Gasteiger partial charge in [0.05, 0.1) is 5.69 Å². The molecule has 98 valence electrons. The van der Waals surface area contributed by atoms with Crippen molar-refractivity contribution in [2.45, 2.75) is 12.8 Å². The zero-order chi connectivity index (χ0) is 13.1. The highest BCUT2D eigenvalue weighted by Gasteiger charge is 2.18. The first-order valence-electron chi connectivity index (χ1n) is 6.41. The van der Waals surface area contributed by atoms with Gasteiger partial charge in [-0.05, 0) is 24.4 Å². The summed E-state index contributed by atoms with van der Waals surface area (Å²) in [4.78, 5) is 13.8. The van der Waals surface area contributed by atoms with E-state index in [-0.39, 0.29) is 6.03 Å². The summed E-state index contributed by atoms with van der Waals surface area (Å²) >= 11 is 1.32. The van der Waals surface area contributed by atoms with Crippen molar-refractivity contribution in [3.05, 3.63) is 36.4 Å². The van der Waals surface area contributed by atoms with Gasteiger partial charge in [-0.15, -0.1) is 0 Å². The fourth-order valence-corrected chi connectivity index (χ4v) is 2.84. The van der Waals surface area contributed by atoms with Gasteiger partial charge >= 0.3 is 6.03 Å². The standard InChI is InChI=1S/C14H15N3OS/c18-14(17-8-4-5-9-17)15-13-10-12(16-19-13)11-6-2-1-3-7-11/h1-3,6-7,10H,4-5,8-9H2,(H,15,18). The molecule has 3 rings (SSSR count). The zero-order valence-corrected chi connectivity index (χ0v) is 11.3. The molecule has 0 atom stereocenters. The number of hydrogen-bond donors (Lipinski definition) is 1. The van der Waals surface area contributed by atoms with Crippen molar-refractivity contribution in [1.82, 2.24) is 9.27 Å². The molecule has 0 radical (unpaired) electrons. The second-order valence-electron chi connectivity index (χ2n) is 4.57. The third kappa shape index (κ3) is 2.76. The van der Waals surface area contributed by atoms with Crippen LogP contribution in [0.15, 0.2) is 36.4 Å². The predicted octanol–water partition coefficient (Wildman–Crippen LogP) is 3.44. The average Bonchev–Trinajstić information content (AvgIpc) is 3.11. The Morgan fingerprint density at radius 1 is 1.21 bits per heavy atom. The first kappa shape index (κ1) is 12.2. The minimum Gasteiger partial charge on any atom is -0.325 e. The van der Waals surface area contributed by atoms with Crippen LogP contribution in [-0.2, 0) is 0 Å². The molecule has 2 heterocycles. The maximum absolute atomic E-state index is 12.0. The molecule has 1 N–H and O–H groups in total. The molecule has 1 aromatic heterocycles. The molecule has 0 unspecified atom stereocenters. The number of amides is 2. The van der Waals surface area contributed by atoms with E-state index in [1.54, 1.807) is 0 Å². The summed E-state index contributed by atoms with van der Waals surface area (Å²) < 4.78 is 4.37. The van der Waals surface area contributed by atoms with Gasteiger partial charge in [-0.1, -0.05) is 30.3 Å². The summed E-state index contributed by atoms with van der Waals surface area (Å²) in [6, 6.07) is 11.9. The molecule has 2 aromatic rings. The van der Waals surface area contributed by atoms with Gasteiger partial charge in [0.2, 0.25) is 0 Å². The van der Waals surface area contributed by atoms with Crippen molar-refractivity contribution in [3.8, 4) is 11.3 Å². The van der Waals surface area contributed by atoms with Gasteiger partial charge in [0.25, 0.3) is 0 Å². The number of anilines is 1. The number of nitrogens with zero attached hydrogens (tertiary/aromatic N) is 2. The molecular weight excluding hydrogens is 258 g/mol. The van der Waals surface area contributed by atoms with Gasteiger partial charge in [-0.2, -0.15) is 4.37 Å². The Labute approximate surface area is 116 Å². The van der Waals surface area contributed by atoms with Gasteiger partial charge in [-0.25, -0.2) is 4.79 Å². The fraction of sp³-hybridized carbons (Fsp3) is 0.286. The number of carbonyl (C=O) groups excluding carboxylic acids is 1. The molecule has 0 aliphatic carbocycles. The lowest BCUT2D eigenvalue weighted by Crippen LogP contribution is -2.31. The lowest BCUT2D eigenvalue weighted by atomic mass is 10.2. The van der Waals surface area contributed by atoms with E-state index >= 15 is 0 Å². The topological polar surface area (TPSA) is 45.2 Å². The van der Waals surface area contributed by atoms with Crippen LogP contribution in [0.25, 0.3) is 11.3 Å². The number of benzene rings is 1. The monoisotopic (exact) mass is 273 g/mol. The van der Waals surface area contributed by atoms with E-state index in [0.29, 0.717) is 0 Å². The largest absolute Gasteiger partial charge is 0.325 e. The summed E-state index contributed by atoms with van der Waals surface area (Å²) in [5.74, 6) is 0. The minimum atomic E-state index is -0.0132.